The predicted molar refractivity (Wildman–Crippen MR) is 97.6 cm³/mol. The van der Waals surface area contributed by atoms with Crippen LogP contribution in [0.5, 0.6) is 0 Å². The fraction of sp³-hybridized carbons (Fsp3) is 0.176. The normalized spacial score (nSPS) is 12.1. The second-order valence-electron chi connectivity index (χ2n) is 5.27. The van der Waals surface area contributed by atoms with Gasteiger partial charge in [-0.2, -0.15) is 0 Å². The number of rotatable bonds is 6. The lowest BCUT2D eigenvalue weighted by molar-refractivity contribution is -0.128. The third kappa shape index (κ3) is 4.74. The van der Waals surface area contributed by atoms with Crippen molar-refractivity contribution in [2.75, 3.05) is 11.8 Å². The van der Waals surface area contributed by atoms with E-state index in [-0.39, 0.29) is 21.2 Å². The van der Waals surface area contributed by atoms with E-state index >= 15 is 0 Å². The second-order valence-corrected chi connectivity index (χ2v) is 7.36. The van der Waals surface area contributed by atoms with Crippen molar-refractivity contribution in [3.63, 3.8) is 0 Å². The smallest absolute Gasteiger partial charge is 0.338 e. The van der Waals surface area contributed by atoms with E-state index in [0.29, 0.717) is 0 Å². The number of carbonyl (C=O) groups is 2. The Hall–Kier alpha value is -2.58. The number of benzene rings is 2. The molecule has 0 aliphatic carbocycles. The number of amides is 1. The number of esters is 1. The molecule has 0 aliphatic heterocycles. The van der Waals surface area contributed by atoms with Crippen molar-refractivity contribution >= 4 is 39.2 Å². The molecule has 0 heterocycles. The molecule has 2 aromatic rings. The van der Waals surface area contributed by atoms with Crippen LogP contribution in [-0.4, -0.2) is 33.4 Å². The van der Waals surface area contributed by atoms with Crippen molar-refractivity contribution < 1.29 is 22.7 Å². The van der Waals surface area contributed by atoms with Crippen molar-refractivity contribution in [3.8, 4) is 0 Å². The highest BCUT2D eigenvalue weighted by atomic mass is 35.5. The summed E-state index contributed by atoms with van der Waals surface area (Å²) in [5, 5.41) is 2.63. The lowest BCUT2D eigenvalue weighted by Gasteiger charge is -2.12. The Morgan fingerprint density at radius 3 is 2.27 bits per heavy atom. The summed E-state index contributed by atoms with van der Waals surface area (Å²) in [5.74, 6) is -1.18. The molecule has 138 valence electrons. The van der Waals surface area contributed by atoms with Crippen molar-refractivity contribution in [2.24, 2.45) is 0 Å². The van der Waals surface area contributed by atoms with Crippen molar-refractivity contribution in [1.29, 1.82) is 0 Å². The molecule has 26 heavy (non-hydrogen) atoms. The average molecular weight is 397 g/mol. The maximum atomic E-state index is 12.4. The van der Waals surface area contributed by atoms with Crippen LogP contribution in [0.1, 0.15) is 17.3 Å². The second kappa shape index (κ2) is 8.20. The molecule has 2 rings (SSSR count). The summed E-state index contributed by atoms with van der Waals surface area (Å²) in [5.41, 5.74) is 0.370. The Labute approximate surface area is 156 Å². The van der Waals surface area contributed by atoms with Gasteiger partial charge in [0, 0.05) is 7.05 Å². The van der Waals surface area contributed by atoms with Crippen molar-refractivity contribution in [3.05, 3.63) is 59.1 Å². The molecule has 0 unspecified atom stereocenters. The topological polar surface area (TPSA) is 102 Å². The standard InChI is InChI=1S/C17H17ClN2O5S/c1-11(16(21)19-2)25-17(22)12-7-9-13(10-8-12)26(23,24)20-15-6-4-3-5-14(15)18/h3-11,20H,1-2H3,(H,19,21)/t11-/m1/s1. The van der Waals surface area contributed by atoms with E-state index in [1.54, 1.807) is 18.2 Å². The van der Waals surface area contributed by atoms with Gasteiger partial charge in [0.1, 0.15) is 0 Å². The van der Waals surface area contributed by atoms with E-state index in [2.05, 4.69) is 10.0 Å². The lowest BCUT2D eigenvalue weighted by Crippen LogP contribution is -2.33. The number of likely N-dealkylation sites (N-methyl/N-ethyl adjacent to an activating group) is 1. The van der Waals surface area contributed by atoms with Gasteiger partial charge in [0.05, 0.1) is 21.2 Å². The maximum absolute atomic E-state index is 12.4. The third-order valence-electron chi connectivity index (χ3n) is 3.42. The first-order valence-electron chi connectivity index (χ1n) is 7.54. The first-order valence-corrected chi connectivity index (χ1v) is 9.40. The van der Waals surface area contributed by atoms with Gasteiger partial charge in [-0.25, -0.2) is 13.2 Å². The molecule has 2 N–H and O–H groups in total. The minimum absolute atomic E-state index is 0.0479. The van der Waals surface area contributed by atoms with Gasteiger partial charge in [-0.15, -0.1) is 0 Å². The predicted octanol–water partition coefficient (Wildman–Crippen LogP) is 2.43. The van der Waals surface area contributed by atoms with Gasteiger partial charge < -0.3 is 10.1 Å². The molecule has 0 bridgehead atoms. The Morgan fingerprint density at radius 2 is 1.69 bits per heavy atom. The van der Waals surface area contributed by atoms with Crippen LogP contribution in [-0.2, 0) is 19.6 Å². The van der Waals surface area contributed by atoms with Crippen molar-refractivity contribution in [1.82, 2.24) is 5.32 Å². The van der Waals surface area contributed by atoms with E-state index < -0.39 is 28.0 Å². The Bertz CT molecular complexity index is 913. The zero-order valence-corrected chi connectivity index (χ0v) is 15.6. The lowest BCUT2D eigenvalue weighted by atomic mass is 10.2. The van der Waals surface area contributed by atoms with Crippen LogP contribution in [0.2, 0.25) is 5.02 Å². The van der Waals surface area contributed by atoms with Gasteiger partial charge in [-0.1, -0.05) is 23.7 Å². The number of hydrogen-bond acceptors (Lipinski definition) is 5. The molecule has 1 amide bonds. The number of anilines is 1. The molecule has 1 atom stereocenters. The molecule has 9 heteroatoms. The van der Waals surface area contributed by atoms with Gasteiger partial charge in [0.25, 0.3) is 15.9 Å². The third-order valence-corrected chi connectivity index (χ3v) is 5.13. The first-order chi connectivity index (χ1) is 12.2. The SMILES string of the molecule is CNC(=O)[C@@H](C)OC(=O)c1ccc(S(=O)(=O)Nc2ccccc2Cl)cc1. The molecule has 7 nitrogen and oxygen atoms in total. The fourth-order valence-corrected chi connectivity index (χ4v) is 3.32. The quantitative estimate of drug-likeness (QED) is 0.730. The van der Waals surface area contributed by atoms with E-state index in [0.717, 1.165) is 0 Å². The summed E-state index contributed by atoms with van der Waals surface area (Å²) in [6, 6.07) is 11.6. The van der Waals surface area contributed by atoms with Crippen LogP contribution in [0.4, 0.5) is 5.69 Å². The van der Waals surface area contributed by atoms with Crippen LogP contribution in [0, 0.1) is 0 Å². The zero-order valence-electron chi connectivity index (χ0n) is 14.0. The van der Waals surface area contributed by atoms with Crippen LogP contribution in [0.15, 0.2) is 53.4 Å². The average Bonchev–Trinajstić information content (AvgIpc) is 2.62. The number of halogens is 1. The molecule has 0 aromatic heterocycles. The van der Waals surface area contributed by atoms with E-state index in [4.69, 9.17) is 16.3 Å². The fourth-order valence-electron chi connectivity index (χ4n) is 2.00. The van der Waals surface area contributed by atoms with Gasteiger partial charge in [0.15, 0.2) is 6.10 Å². The van der Waals surface area contributed by atoms with E-state index in [1.165, 1.54) is 44.3 Å². The summed E-state index contributed by atoms with van der Waals surface area (Å²) < 4.78 is 32.2. The Kier molecular flexibility index (Phi) is 6.23. The molecule has 0 saturated heterocycles. The molecular weight excluding hydrogens is 380 g/mol. The monoisotopic (exact) mass is 396 g/mol. The number of ether oxygens (including phenoxy) is 1. The molecular formula is C17H17ClN2O5S. The number of sulfonamides is 1. The highest BCUT2D eigenvalue weighted by molar-refractivity contribution is 7.92. The first kappa shape index (κ1) is 19.7. The van der Waals surface area contributed by atoms with Crippen LogP contribution in [0.3, 0.4) is 0 Å². The molecule has 2 aromatic carbocycles. The number of carbonyl (C=O) groups excluding carboxylic acids is 2. The summed E-state index contributed by atoms with van der Waals surface area (Å²) in [7, 11) is -2.44. The maximum Gasteiger partial charge on any atom is 0.338 e. The molecule has 0 spiro atoms. The van der Waals surface area contributed by atoms with Crippen LogP contribution < -0.4 is 10.0 Å². The minimum Gasteiger partial charge on any atom is -0.449 e. The Balaban J connectivity index is 2.14. The summed E-state index contributed by atoms with van der Waals surface area (Å²) in [6.45, 7) is 1.43. The van der Waals surface area contributed by atoms with E-state index in [9.17, 15) is 18.0 Å². The van der Waals surface area contributed by atoms with Gasteiger partial charge in [-0.3, -0.25) is 9.52 Å². The molecule has 0 aliphatic rings. The largest absolute Gasteiger partial charge is 0.449 e. The van der Waals surface area contributed by atoms with Gasteiger partial charge in [-0.05, 0) is 43.3 Å². The zero-order chi connectivity index (χ0) is 19.3. The van der Waals surface area contributed by atoms with Crippen LogP contribution >= 0.6 is 11.6 Å². The summed E-state index contributed by atoms with van der Waals surface area (Å²) in [6.07, 6.45) is -0.960. The highest BCUT2D eigenvalue weighted by Gasteiger charge is 2.19. The van der Waals surface area contributed by atoms with Gasteiger partial charge in [0.2, 0.25) is 0 Å². The number of hydrogen-bond donors (Lipinski definition) is 2. The summed E-state index contributed by atoms with van der Waals surface area (Å²) >= 11 is 5.95. The number of nitrogens with one attached hydrogen (secondary N) is 2. The molecule has 0 saturated carbocycles. The Morgan fingerprint density at radius 1 is 1.08 bits per heavy atom. The van der Waals surface area contributed by atoms with Gasteiger partial charge >= 0.3 is 5.97 Å². The molecule has 0 radical (unpaired) electrons. The molecule has 0 fully saturated rings. The minimum atomic E-state index is -3.87. The summed E-state index contributed by atoms with van der Waals surface area (Å²) in [4.78, 5) is 23.3. The highest BCUT2D eigenvalue weighted by Crippen LogP contribution is 2.24. The van der Waals surface area contributed by atoms with Crippen molar-refractivity contribution in [2.45, 2.75) is 17.9 Å². The number of para-hydroxylation sites is 1. The van der Waals surface area contributed by atoms with Crippen LogP contribution in [0.25, 0.3) is 0 Å². The van der Waals surface area contributed by atoms with E-state index in [1.807, 2.05) is 0 Å².